The summed E-state index contributed by atoms with van der Waals surface area (Å²) >= 11 is 0. The number of pyridine rings is 1. The lowest BCUT2D eigenvalue weighted by Gasteiger charge is -2.17. The Hall–Kier alpha value is -2.67. The monoisotopic (exact) mass is 317 g/mol. The third kappa shape index (κ3) is 4.65. The summed E-state index contributed by atoms with van der Waals surface area (Å²) in [6.07, 6.45) is 4.78. The van der Waals surface area contributed by atoms with Crippen molar-refractivity contribution in [3.8, 4) is 5.88 Å². The molecule has 122 valence electrons. The molecule has 23 heavy (non-hydrogen) atoms. The Morgan fingerprint density at radius 1 is 1.39 bits per heavy atom. The molecule has 0 amide bonds. The van der Waals surface area contributed by atoms with Gasteiger partial charge in [0, 0.05) is 26.9 Å². The van der Waals surface area contributed by atoms with Gasteiger partial charge >= 0.3 is 0 Å². The molecular formula is C16H19N3O4. The smallest absolute Gasteiger partial charge is 0.254 e. The fraction of sp³-hybridized carbons (Fsp3) is 0.312. The first-order chi connectivity index (χ1) is 11.1. The van der Waals surface area contributed by atoms with Crippen LogP contribution in [-0.4, -0.2) is 50.3 Å². The van der Waals surface area contributed by atoms with Crippen LogP contribution in [0.4, 0.5) is 5.82 Å². The molecular weight excluding hydrogens is 298 g/mol. The van der Waals surface area contributed by atoms with Gasteiger partial charge < -0.3 is 18.9 Å². The lowest BCUT2D eigenvalue weighted by molar-refractivity contribution is 0.101. The molecule has 7 nitrogen and oxygen atoms in total. The van der Waals surface area contributed by atoms with Gasteiger partial charge in [-0.15, -0.1) is 0 Å². The van der Waals surface area contributed by atoms with Crippen LogP contribution in [0.1, 0.15) is 16.1 Å². The molecule has 7 heteroatoms. The van der Waals surface area contributed by atoms with E-state index in [9.17, 15) is 4.79 Å². The van der Waals surface area contributed by atoms with Gasteiger partial charge in [-0.1, -0.05) is 0 Å². The van der Waals surface area contributed by atoms with E-state index < -0.39 is 0 Å². The first-order valence-corrected chi connectivity index (χ1v) is 7.03. The van der Waals surface area contributed by atoms with Gasteiger partial charge in [0.25, 0.3) is 5.88 Å². The number of likely N-dealkylation sites (N-methyl/N-ethyl adjacent to an activating group) is 1. The van der Waals surface area contributed by atoms with Crippen molar-refractivity contribution in [2.45, 2.75) is 0 Å². The highest BCUT2D eigenvalue weighted by atomic mass is 16.5. The molecule has 0 aliphatic rings. The number of carbonyl (C=O) groups is 1. The number of nitrogens with zero attached hydrogens (tertiary/aromatic N) is 3. The van der Waals surface area contributed by atoms with Crippen LogP contribution in [0.25, 0.3) is 6.08 Å². The molecule has 2 aromatic heterocycles. The maximum atomic E-state index is 11.9. The van der Waals surface area contributed by atoms with Gasteiger partial charge in [-0.25, -0.2) is 4.98 Å². The standard InChI is InChI=1S/C16H19N3O4/c1-19(8-9-21-2)15-7-5-12(11-17-15)4-6-13(20)14-10-16(22-3)18-23-14/h4-7,10-11H,8-9H2,1-3H3/b6-4+. The van der Waals surface area contributed by atoms with Gasteiger partial charge in [-0.05, 0) is 35.0 Å². The average molecular weight is 317 g/mol. The Kier molecular flexibility index (Phi) is 5.87. The fourth-order valence-corrected chi connectivity index (χ4v) is 1.79. The third-order valence-electron chi connectivity index (χ3n) is 3.16. The van der Waals surface area contributed by atoms with Crippen molar-refractivity contribution in [1.82, 2.24) is 10.1 Å². The third-order valence-corrected chi connectivity index (χ3v) is 3.16. The van der Waals surface area contributed by atoms with Crippen molar-refractivity contribution in [3.05, 3.63) is 41.8 Å². The molecule has 0 saturated heterocycles. The molecule has 2 rings (SSSR count). The van der Waals surface area contributed by atoms with Crippen LogP contribution in [-0.2, 0) is 4.74 Å². The minimum absolute atomic E-state index is 0.127. The zero-order chi connectivity index (χ0) is 16.7. The second-order valence-corrected chi connectivity index (χ2v) is 4.80. The Morgan fingerprint density at radius 3 is 2.83 bits per heavy atom. The van der Waals surface area contributed by atoms with E-state index in [0.717, 1.165) is 17.9 Å². The molecule has 2 heterocycles. The quantitative estimate of drug-likeness (QED) is 0.544. The van der Waals surface area contributed by atoms with Crippen LogP contribution in [0.15, 0.2) is 35.0 Å². The van der Waals surface area contributed by atoms with Crippen molar-refractivity contribution in [1.29, 1.82) is 0 Å². The van der Waals surface area contributed by atoms with Crippen LogP contribution in [0.2, 0.25) is 0 Å². The number of ketones is 1. The number of anilines is 1. The van der Waals surface area contributed by atoms with E-state index in [0.29, 0.717) is 6.61 Å². The largest absolute Gasteiger partial charge is 0.479 e. The molecule has 0 atom stereocenters. The van der Waals surface area contributed by atoms with Crippen molar-refractivity contribution in [3.63, 3.8) is 0 Å². The van der Waals surface area contributed by atoms with Gasteiger partial charge in [-0.2, -0.15) is 0 Å². The number of ether oxygens (including phenoxy) is 2. The SMILES string of the molecule is COCCN(C)c1ccc(/C=C/C(=O)c2cc(OC)no2)cn1. The molecule has 0 aliphatic carbocycles. The van der Waals surface area contributed by atoms with Crippen molar-refractivity contribution in [2.24, 2.45) is 0 Å². The van der Waals surface area contributed by atoms with E-state index in [1.807, 2.05) is 24.1 Å². The topological polar surface area (TPSA) is 77.7 Å². The highest BCUT2D eigenvalue weighted by Gasteiger charge is 2.10. The minimum atomic E-state index is -0.290. The van der Waals surface area contributed by atoms with Gasteiger partial charge in [0.1, 0.15) is 5.82 Å². The van der Waals surface area contributed by atoms with E-state index in [-0.39, 0.29) is 17.4 Å². The summed E-state index contributed by atoms with van der Waals surface area (Å²) < 4.78 is 14.8. The molecule has 0 bridgehead atoms. The molecule has 0 aliphatic heterocycles. The normalized spacial score (nSPS) is 10.9. The minimum Gasteiger partial charge on any atom is -0.479 e. The molecule has 2 aromatic rings. The van der Waals surface area contributed by atoms with E-state index in [1.54, 1.807) is 19.4 Å². The molecule has 0 unspecified atom stereocenters. The van der Waals surface area contributed by atoms with Crippen molar-refractivity contribution in [2.75, 3.05) is 39.3 Å². The second kappa shape index (κ2) is 8.09. The van der Waals surface area contributed by atoms with Crippen LogP contribution in [0, 0.1) is 0 Å². The van der Waals surface area contributed by atoms with E-state index in [2.05, 4.69) is 10.1 Å². The number of hydrogen-bond donors (Lipinski definition) is 0. The van der Waals surface area contributed by atoms with Gasteiger partial charge in [0.2, 0.25) is 11.5 Å². The Labute approximate surface area is 134 Å². The number of carbonyl (C=O) groups excluding carboxylic acids is 1. The molecule has 0 spiro atoms. The van der Waals surface area contributed by atoms with E-state index in [1.165, 1.54) is 19.3 Å². The maximum Gasteiger partial charge on any atom is 0.254 e. The summed E-state index contributed by atoms with van der Waals surface area (Å²) in [6.45, 7) is 1.39. The first kappa shape index (κ1) is 16.7. The molecule has 0 fully saturated rings. The summed E-state index contributed by atoms with van der Waals surface area (Å²) in [5, 5.41) is 3.59. The summed E-state index contributed by atoms with van der Waals surface area (Å²) in [6, 6.07) is 5.21. The number of aromatic nitrogens is 2. The number of hydrogen-bond acceptors (Lipinski definition) is 7. The average Bonchev–Trinajstić information content (AvgIpc) is 3.07. The predicted molar refractivity (Wildman–Crippen MR) is 85.8 cm³/mol. The number of allylic oxidation sites excluding steroid dienone is 1. The van der Waals surface area contributed by atoms with Crippen molar-refractivity contribution < 1.29 is 18.8 Å². The van der Waals surface area contributed by atoms with Crippen LogP contribution >= 0.6 is 0 Å². The Balaban J connectivity index is 1.98. The van der Waals surface area contributed by atoms with Crippen molar-refractivity contribution >= 4 is 17.7 Å². The predicted octanol–water partition coefficient (Wildman–Crippen LogP) is 2.06. The number of rotatable bonds is 8. The summed E-state index contributed by atoms with van der Waals surface area (Å²) in [5.41, 5.74) is 0.814. The molecule has 0 aromatic carbocycles. The van der Waals surface area contributed by atoms with Crippen LogP contribution < -0.4 is 9.64 Å². The Bertz CT molecular complexity index is 664. The maximum absolute atomic E-state index is 11.9. The Morgan fingerprint density at radius 2 is 2.22 bits per heavy atom. The molecule has 0 saturated carbocycles. The zero-order valence-electron chi connectivity index (χ0n) is 13.4. The van der Waals surface area contributed by atoms with Gasteiger partial charge in [0.15, 0.2) is 0 Å². The summed E-state index contributed by atoms with van der Waals surface area (Å²) in [7, 11) is 5.06. The summed E-state index contributed by atoms with van der Waals surface area (Å²) in [4.78, 5) is 18.3. The highest BCUT2D eigenvalue weighted by Crippen LogP contribution is 2.13. The van der Waals surface area contributed by atoms with Crippen LogP contribution in [0.5, 0.6) is 5.88 Å². The zero-order valence-corrected chi connectivity index (χ0v) is 13.4. The van der Waals surface area contributed by atoms with E-state index in [4.69, 9.17) is 14.0 Å². The van der Waals surface area contributed by atoms with Crippen LogP contribution in [0.3, 0.4) is 0 Å². The highest BCUT2D eigenvalue weighted by molar-refractivity contribution is 6.04. The first-order valence-electron chi connectivity index (χ1n) is 7.03. The van der Waals surface area contributed by atoms with Gasteiger partial charge in [-0.3, -0.25) is 4.79 Å². The van der Waals surface area contributed by atoms with E-state index >= 15 is 0 Å². The fourth-order valence-electron chi connectivity index (χ4n) is 1.79. The lowest BCUT2D eigenvalue weighted by atomic mass is 10.2. The number of methoxy groups -OCH3 is 2. The molecule has 0 radical (unpaired) electrons. The molecule has 0 N–H and O–H groups in total. The second-order valence-electron chi connectivity index (χ2n) is 4.80. The van der Waals surface area contributed by atoms with Gasteiger partial charge in [0.05, 0.1) is 19.8 Å². The summed E-state index contributed by atoms with van der Waals surface area (Å²) in [5.74, 6) is 0.946. The lowest BCUT2D eigenvalue weighted by Crippen LogP contribution is -2.22.